The van der Waals surface area contributed by atoms with Crippen molar-refractivity contribution in [1.29, 1.82) is 0 Å². The highest BCUT2D eigenvalue weighted by atomic mass is 35.5. The van der Waals surface area contributed by atoms with Gasteiger partial charge < -0.3 is 10.6 Å². The molecule has 0 aliphatic heterocycles. The van der Waals surface area contributed by atoms with Gasteiger partial charge in [0.05, 0.1) is 28.3 Å². The summed E-state index contributed by atoms with van der Waals surface area (Å²) in [4.78, 5) is 37.6. The van der Waals surface area contributed by atoms with E-state index in [0.29, 0.717) is 16.6 Å². The van der Waals surface area contributed by atoms with Crippen LogP contribution in [0.3, 0.4) is 0 Å². The number of fused-ring (bicyclic) bond motifs is 1. The summed E-state index contributed by atoms with van der Waals surface area (Å²) in [6.07, 6.45) is -2.59. The van der Waals surface area contributed by atoms with Crippen LogP contribution in [0, 0.1) is 6.92 Å². The highest BCUT2D eigenvalue weighted by Crippen LogP contribution is 2.35. The van der Waals surface area contributed by atoms with Crippen molar-refractivity contribution in [1.82, 2.24) is 20.3 Å². The fourth-order valence-corrected chi connectivity index (χ4v) is 4.23. The number of hydrogen-bond acceptors (Lipinski definition) is 6. The first-order valence-electron chi connectivity index (χ1n) is 10.2. The molecule has 3 aromatic heterocycles. The SMILES string of the molecule is Cc1ccc2cc(C(=O)N[C@H](C)c3ncc(C(=O)Nc4cc(C(F)(F)F)c(Cl)cn4)s3)ccc2n1. The lowest BCUT2D eigenvalue weighted by Crippen LogP contribution is -2.26. The summed E-state index contributed by atoms with van der Waals surface area (Å²) in [6.45, 7) is 3.59. The molecular formula is C23H17ClF3N5O2S. The van der Waals surface area contributed by atoms with Crippen molar-refractivity contribution in [3.05, 3.63) is 80.5 Å². The average molecular weight is 520 g/mol. The summed E-state index contributed by atoms with van der Waals surface area (Å²) in [7, 11) is 0. The second-order valence-electron chi connectivity index (χ2n) is 7.62. The number of thiazole rings is 1. The first-order valence-corrected chi connectivity index (χ1v) is 11.4. The van der Waals surface area contributed by atoms with Crippen molar-refractivity contribution in [3.63, 3.8) is 0 Å². The van der Waals surface area contributed by atoms with Crippen LogP contribution in [0.2, 0.25) is 5.02 Å². The summed E-state index contributed by atoms with van der Waals surface area (Å²) in [5.41, 5.74) is 0.992. The molecule has 0 saturated carbocycles. The van der Waals surface area contributed by atoms with E-state index in [1.165, 1.54) is 6.20 Å². The number of carbonyl (C=O) groups is 2. The summed E-state index contributed by atoms with van der Waals surface area (Å²) in [5, 5.41) is 5.83. The zero-order valence-electron chi connectivity index (χ0n) is 18.3. The second-order valence-corrected chi connectivity index (χ2v) is 9.09. The lowest BCUT2D eigenvalue weighted by molar-refractivity contribution is -0.137. The van der Waals surface area contributed by atoms with E-state index in [-0.39, 0.29) is 16.6 Å². The van der Waals surface area contributed by atoms with E-state index in [1.807, 2.05) is 19.1 Å². The molecule has 0 radical (unpaired) electrons. The molecule has 0 aliphatic rings. The molecule has 4 rings (SSSR count). The number of nitrogens with one attached hydrogen (secondary N) is 2. The molecule has 0 bridgehead atoms. The highest BCUT2D eigenvalue weighted by Gasteiger charge is 2.34. The number of hydrogen-bond donors (Lipinski definition) is 2. The van der Waals surface area contributed by atoms with Gasteiger partial charge in [0.2, 0.25) is 0 Å². The molecule has 180 valence electrons. The Morgan fingerprint density at radius 2 is 1.83 bits per heavy atom. The van der Waals surface area contributed by atoms with Gasteiger partial charge in [0, 0.05) is 22.8 Å². The third-order valence-electron chi connectivity index (χ3n) is 4.96. The zero-order valence-corrected chi connectivity index (χ0v) is 19.8. The largest absolute Gasteiger partial charge is 0.418 e. The Bertz CT molecular complexity index is 1440. The molecule has 0 aliphatic carbocycles. The number of anilines is 1. The maximum absolute atomic E-state index is 13.0. The number of aromatic nitrogens is 3. The minimum absolute atomic E-state index is 0.138. The maximum atomic E-state index is 13.0. The van der Waals surface area contributed by atoms with Crippen LogP contribution < -0.4 is 10.6 Å². The molecule has 0 spiro atoms. The van der Waals surface area contributed by atoms with Crippen LogP contribution in [-0.2, 0) is 6.18 Å². The van der Waals surface area contributed by atoms with Crippen LogP contribution >= 0.6 is 22.9 Å². The normalized spacial score (nSPS) is 12.4. The monoisotopic (exact) mass is 519 g/mol. The first kappa shape index (κ1) is 24.6. The van der Waals surface area contributed by atoms with Crippen molar-refractivity contribution >= 4 is 51.5 Å². The number of amides is 2. The maximum Gasteiger partial charge on any atom is 0.418 e. The number of alkyl halides is 3. The number of benzene rings is 1. The molecule has 0 unspecified atom stereocenters. The van der Waals surface area contributed by atoms with Gasteiger partial charge in [-0.25, -0.2) is 9.97 Å². The van der Waals surface area contributed by atoms with Gasteiger partial charge in [0.25, 0.3) is 11.8 Å². The minimum atomic E-state index is -4.69. The third-order valence-corrected chi connectivity index (χ3v) is 6.44. The summed E-state index contributed by atoms with van der Waals surface area (Å²) in [6, 6.07) is 9.06. The number of nitrogens with zero attached hydrogens (tertiary/aromatic N) is 3. The smallest absolute Gasteiger partial charge is 0.343 e. The number of aryl methyl sites for hydroxylation is 1. The van der Waals surface area contributed by atoms with Crippen molar-refractivity contribution in [3.8, 4) is 0 Å². The Morgan fingerprint density at radius 1 is 1.06 bits per heavy atom. The predicted octanol–water partition coefficient (Wildman–Crippen LogP) is 5.81. The van der Waals surface area contributed by atoms with E-state index in [4.69, 9.17) is 11.6 Å². The van der Waals surface area contributed by atoms with Gasteiger partial charge in [-0.2, -0.15) is 13.2 Å². The molecular weight excluding hydrogens is 503 g/mol. The fourth-order valence-electron chi connectivity index (χ4n) is 3.21. The molecule has 1 atom stereocenters. The number of carbonyl (C=O) groups excluding carboxylic acids is 2. The highest BCUT2D eigenvalue weighted by molar-refractivity contribution is 7.13. The van der Waals surface area contributed by atoms with E-state index >= 15 is 0 Å². The van der Waals surface area contributed by atoms with Crippen molar-refractivity contribution in [2.45, 2.75) is 26.1 Å². The third kappa shape index (κ3) is 5.57. The molecule has 1 aromatic carbocycles. The molecule has 0 fully saturated rings. The van der Waals surface area contributed by atoms with Crippen molar-refractivity contribution < 1.29 is 22.8 Å². The summed E-state index contributed by atoms with van der Waals surface area (Å²) < 4.78 is 39.1. The Hall–Kier alpha value is -3.57. The average Bonchev–Trinajstić information content (AvgIpc) is 3.30. The Kier molecular flexibility index (Phi) is 6.73. The number of rotatable bonds is 5. The lowest BCUT2D eigenvalue weighted by Gasteiger charge is -2.12. The van der Waals surface area contributed by atoms with Gasteiger partial charge in [0.1, 0.15) is 15.7 Å². The lowest BCUT2D eigenvalue weighted by atomic mass is 10.1. The van der Waals surface area contributed by atoms with Crippen LogP contribution in [0.15, 0.2) is 48.8 Å². The van der Waals surface area contributed by atoms with Crippen molar-refractivity contribution in [2.24, 2.45) is 0 Å². The van der Waals surface area contributed by atoms with E-state index < -0.39 is 28.7 Å². The molecule has 7 nitrogen and oxygen atoms in total. The molecule has 2 N–H and O–H groups in total. The van der Waals surface area contributed by atoms with Crippen LogP contribution in [-0.4, -0.2) is 26.8 Å². The van der Waals surface area contributed by atoms with Crippen molar-refractivity contribution in [2.75, 3.05) is 5.32 Å². The topological polar surface area (TPSA) is 96.9 Å². The summed E-state index contributed by atoms with van der Waals surface area (Å²) >= 11 is 6.55. The van der Waals surface area contributed by atoms with Gasteiger partial charge in [0.15, 0.2) is 0 Å². The quantitative estimate of drug-likeness (QED) is 0.347. The number of halogens is 4. The molecule has 3 heterocycles. The Labute approximate surface area is 206 Å². The van der Waals surface area contributed by atoms with Gasteiger partial charge >= 0.3 is 6.18 Å². The molecule has 12 heteroatoms. The van der Waals surface area contributed by atoms with Gasteiger partial charge in [-0.05, 0) is 44.2 Å². The fraction of sp³-hybridized carbons (Fsp3) is 0.174. The van der Waals surface area contributed by atoms with Crippen LogP contribution in [0.5, 0.6) is 0 Å². The Balaban J connectivity index is 1.44. The molecule has 2 amide bonds. The molecule has 4 aromatic rings. The van der Waals surface area contributed by atoms with E-state index in [1.54, 1.807) is 25.1 Å². The Morgan fingerprint density at radius 3 is 2.57 bits per heavy atom. The first-order chi connectivity index (χ1) is 16.5. The van der Waals surface area contributed by atoms with Crippen LogP contribution in [0.4, 0.5) is 19.0 Å². The predicted molar refractivity (Wildman–Crippen MR) is 127 cm³/mol. The number of pyridine rings is 2. The zero-order chi connectivity index (χ0) is 25.3. The van der Waals surface area contributed by atoms with E-state index in [2.05, 4.69) is 25.6 Å². The molecule has 35 heavy (non-hydrogen) atoms. The van der Waals surface area contributed by atoms with Crippen LogP contribution in [0.25, 0.3) is 10.9 Å². The van der Waals surface area contributed by atoms with Gasteiger partial charge in [-0.3, -0.25) is 14.6 Å². The van der Waals surface area contributed by atoms with E-state index in [9.17, 15) is 22.8 Å². The standard InChI is InChI=1S/C23H17ClF3N5O2S/c1-11-3-4-13-7-14(5-6-17(13)30-11)20(33)31-12(2)22-29-10-18(35-22)21(34)32-19-8-15(23(25,26)27)16(24)9-28-19/h3-10,12H,1-2H3,(H,31,33)(H,28,32,34)/t12-/m1/s1. The summed E-state index contributed by atoms with van der Waals surface area (Å²) in [5.74, 6) is -1.32. The van der Waals surface area contributed by atoms with Crippen LogP contribution in [0.1, 0.15) is 49.3 Å². The van der Waals surface area contributed by atoms with Gasteiger partial charge in [-0.15, -0.1) is 11.3 Å². The molecule has 0 saturated heterocycles. The second kappa shape index (κ2) is 9.59. The van der Waals surface area contributed by atoms with E-state index in [0.717, 1.165) is 34.1 Å². The minimum Gasteiger partial charge on any atom is -0.343 e. The van der Waals surface area contributed by atoms with Gasteiger partial charge in [-0.1, -0.05) is 17.7 Å².